The average Bonchev–Trinajstić information content (AvgIpc) is 2.37. The zero-order valence-electron chi connectivity index (χ0n) is 14.2. The zero-order chi connectivity index (χ0) is 16.2. The lowest BCUT2D eigenvalue weighted by Crippen LogP contribution is -2.43. The number of aliphatic carboxylic acids is 1. The van der Waals surface area contributed by atoms with Gasteiger partial charge < -0.3 is 10.0 Å². The summed E-state index contributed by atoms with van der Waals surface area (Å²) in [5.41, 5.74) is 0.315. The van der Waals surface area contributed by atoms with E-state index in [2.05, 4.69) is 20.8 Å². The van der Waals surface area contributed by atoms with Crippen molar-refractivity contribution in [3.05, 3.63) is 0 Å². The number of carbonyl (C=O) groups is 2. The number of hydrogen-bond acceptors (Lipinski definition) is 2. The maximum Gasteiger partial charge on any atom is 0.305 e. The fraction of sp³-hybridized carbons (Fsp3) is 0.882. The van der Waals surface area contributed by atoms with E-state index in [4.69, 9.17) is 5.11 Å². The summed E-state index contributed by atoms with van der Waals surface area (Å²) < 4.78 is 0. The molecular weight excluding hydrogens is 266 g/mol. The van der Waals surface area contributed by atoms with Crippen molar-refractivity contribution in [2.24, 2.45) is 17.3 Å². The molecule has 1 amide bonds. The first-order valence-electron chi connectivity index (χ1n) is 8.15. The molecule has 1 saturated carbocycles. The third-order valence-electron chi connectivity index (χ3n) is 4.77. The Labute approximate surface area is 128 Å². The molecule has 122 valence electrons. The van der Waals surface area contributed by atoms with Gasteiger partial charge in [0.1, 0.15) is 0 Å². The molecule has 0 heterocycles. The summed E-state index contributed by atoms with van der Waals surface area (Å²) in [6.07, 6.45) is 4.12. The van der Waals surface area contributed by atoms with E-state index in [9.17, 15) is 9.59 Å². The Hall–Kier alpha value is -1.06. The molecule has 1 N–H and O–H groups in total. The van der Waals surface area contributed by atoms with Crippen LogP contribution in [-0.4, -0.2) is 34.5 Å². The second kappa shape index (κ2) is 7.28. The summed E-state index contributed by atoms with van der Waals surface area (Å²) in [7, 11) is 0. The van der Waals surface area contributed by atoms with Gasteiger partial charge in [-0.15, -0.1) is 0 Å². The molecule has 0 aromatic rings. The molecule has 0 radical (unpaired) electrons. The van der Waals surface area contributed by atoms with Gasteiger partial charge in [0.25, 0.3) is 0 Å². The van der Waals surface area contributed by atoms with E-state index in [1.165, 1.54) is 0 Å². The van der Waals surface area contributed by atoms with E-state index in [0.29, 0.717) is 17.9 Å². The maximum absolute atomic E-state index is 12.6. The molecule has 0 saturated heterocycles. The van der Waals surface area contributed by atoms with E-state index in [1.54, 1.807) is 4.90 Å². The Morgan fingerprint density at radius 3 is 2.05 bits per heavy atom. The van der Waals surface area contributed by atoms with Gasteiger partial charge in [0.05, 0.1) is 6.42 Å². The highest BCUT2D eigenvalue weighted by Gasteiger charge is 2.34. The Bertz CT molecular complexity index is 363. The molecule has 0 spiro atoms. The molecule has 1 fully saturated rings. The summed E-state index contributed by atoms with van der Waals surface area (Å²) >= 11 is 0. The molecule has 1 aliphatic carbocycles. The Kier molecular flexibility index (Phi) is 6.24. The van der Waals surface area contributed by atoms with Gasteiger partial charge >= 0.3 is 5.97 Å². The first-order valence-corrected chi connectivity index (χ1v) is 8.15. The average molecular weight is 297 g/mol. The highest BCUT2D eigenvalue weighted by Crippen LogP contribution is 2.40. The van der Waals surface area contributed by atoms with Crippen LogP contribution in [0.25, 0.3) is 0 Å². The van der Waals surface area contributed by atoms with Crippen LogP contribution in [0.4, 0.5) is 0 Å². The lowest BCUT2D eigenvalue weighted by Gasteiger charge is -2.38. The number of nitrogens with zero attached hydrogens (tertiary/aromatic N) is 1. The Morgan fingerprint density at radius 2 is 1.67 bits per heavy atom. The maximum atomic E-state index is 12.6. The van der Waals surface area contributed by atoms with Crippen LogP contribution < -0.4 is 0 Å². The summed E-state index contributed by atoms with van der Waals surface area (Å²) in [5.74, 6) is 0.0800. The number of carboxylic acid groups (broad SMARTS) is 1. The monoisotopic (exact) mass is 297 g/mol. The molecule has 0 aromatic carbocycles. The molecular formula is C17H31NO3. The van der Waals surface area contributed by atoms with E-state index >= 15 is 0 Å². The van der Waals surface area contributed by atoms with Crippen molar-refractivity contribution in [2.45, 2.75) is 72.8 Å². The predicted molar refractivity (Wildman–Crippen MR) is 84.0 cm³/mol. The number of amides is 1. The smallest absolute Gasteiger partial charge is 0.305 e. The van der Waals surface area contributed by atoms with Crippen LogP contribution >= 0.6 is 0 Å². The van der Waals surface area contributed by atoms with Gasteiger partial charge in [-0.1, -0.05) is 20.8 Å². The first-order chi connectivity index (χ1) is 9.62. The van der Waals surface area contributed by atoms with Crippen LogP contribution in [0.15, 0.2) is 0 Å². The molecule has 1 aliphatic rings. The minimum absolute atomic E-state index is 0.0290. The van der Waals surface area contributed by atoms with Gasteiger partial charge in [0, 0.05) is 18.5 Å². The van der Waals surface area contributed by atoms with Crippen molar-refractivity contribution < 1.29 is 14.7 Å². The summed E-state index contributed by atoms with van der Waals surface area (Å²) in [5, 5.41) is 8.82. The quantitative estimate of drug-likeness (QED) is 0.844. The van der Waals surface area contributed by atoms with E-state index in [-0.39, 0.29) is 24.3 Å². The second-order valence-corrected chi connectivity index (χ2v) is 7.68. The van der Waals surface area contributed by atoms with Crippen molar-refractivity contribution in [3.63, 3.8) is 0 Å². The lowest BCUT2D eigenvalue weighted by atomic mass is 9.69. The van der Waals surface area contributed by atoms with Crippen molar-refractivity contribution in [2.75, 3.05) is 6.54 Å². The van der Waals surface area contributed by atoms with Gasteiger partial charge in [-0.25, -0.2) is 0 Å². The molecule has 0 aliphatic heterocycles. The van der Waals surface area contributed by atoms with Gasteiger partial charge in [-0.05, 0) is 50.9 Å². The Balaban J connectivity index is 2.59. The first kappa shape index (κ1) is 18.0. The third kappa shape index (κ3) is 5.33. The summed E-state index contributed by atoms with van der Waals surface area (Å²) in [4.78, 5) is 25.1. The van der Waals surface area contributed by atoms with Crippen molar-refractivity contribution in [1.82, 2.24) is 4.90 Å². The van der Waals surface area contributed by atoms with E-state index in [1.807, 2.05) is 13.8 Å². The standard InChI is InChI=1S/C17H31NO3/c1-12(2)18(11-10-15(19)20)16(21)13-6-8-14(9-7-13)17(3,4)5/h12-14H,6-11H2,1-5H3,(H,19,20). The largest absolute Gasteiger partial charge is 0.481 e. The van der Waals surface area contributed by atoms with E-state index < -0.39 is 5.97 Å². The highest BCUT2D eigenvalue weighted by molar-refractivity contribution is 5.79. The molecule has 0 atom stereocenters. The molecule has 0 unspecified atom stereocenters. The van der Waals surface area contributed by atoms with Crippen molar-refractivity contribution in [3.8, 4) is 0 Å². The van der Waals surface area contributed by atoms with Gasteiger partial charge in [0.15, 0.2) is 0 Å². The topological polar surface area (TPSA) is 57.6 Å². The molecule has 0 bridgehead atoms. The van der Waals surface area contributed by atoms with Crippen LogP contribution in [0, 0.1) is 17.3 Å². The second-order valence-electron chi connectivity index (χ2n) is 7.68. The fourth-order valence-electron chi connectivity index (χ4n) is 3.28. The van der Waals surface area contributed by atoms with E-state index in [0.717, 1.165) is 25.7 Å². The normalized spacial score (nSPS) is 23.1. The van der Waals surface area contributed by atoms with Crippen LogP contribution in [0.1, 0.15) is 66.7 Å². The SMILES string of the molecule is CC(C)N(CCC(=O)O)C(=O)C1CCC(C(C)(C)C)CC1. The van der Waals surface area contributed by atoms with Crippen molar-refractivity contribution in [1.29, 1.82) is 0 Å². The number of hydrogen-bond donors (Lipinski definition) is 1. The molecule has 4 heteroatoms. The van der Waals surface area contributed by atoms with Crippen LogP contribution in [0.2, 0.25) is 0 Å². The minimum Gasteiger partial charge on any atom is -0.481 e. The van der Waals surface area contributed by atoms with Crippen LogP contribution in [0.3, 0.4) is 0 Å². The van der Waals surface area contributed by atoms with Gasteiger partial charge in [0.2, 0.25) is 5.91 Å². The predicted octanol–water partition coefficient (Wildman–Crippen LogP) is 3.55. The third-order valence-corrected chi connectivity index (χ3v) is 4.77. The molecule has 4 nitrogen and oxygen atoms in total. The van der Waals surface area contributed by atoms with Crippen LogP contribution in [0.5, 0.6) is 0 Å². The number of rotatable bonds is 5. The number of carbonyl (C=O) groups excluding carboxylic acids is 1. The summed E-state index contributed by atoms with van der Waals surface area (Å²) in [6.45, 7) is 11.1. The van der Waals surface area contributed by atoms with Crippen LogP contribution in [-0.2, 0) is 9.59 Å². The minimum atomic E-state index is -0.843. The Morgan fingerprint density at radius 1 is 1.14 bits per heavy atom. The lowest BCUT2D eigenvalue weighted by molar-refractivity contribution is -0.141. The summed E-state index contributed by atoms with van der Waals surface area (Å²) in [6, 6.07) is 0.0668. The molecule has 21 heavy (non-hydrogen) atoms. The zero-order valence-corrected chi connectivity index (χ0v) is 14.2. The molecule has 0 aromatic heterocycles. The molecule has 1 rings (SSSR count). The van der Waals surface area contributed by atoms with Gasteiger partial charge in [-0.2, -0.15) is 0 Å². The number of carboxylic acids is 1. The highest BCUT2D eigenvalue weighted by atomic mass is 16.4. The van der Waals surface area contributed by atoms with Crippen molar-refractivity contribution >= 4 is 11.9 Å². The van der Waals surface area contributed by atoms with Gasteiger partial charge in [-0.3, -0.25) is 9.59 Å². The fourth-order valence-corrected chi connectivity index (χ4v) is 3.28.